The lowest BCUT2D eigenvalue weighted by molar-refractivity contribution is -0.143. The molecule has 3 aromatic carbocycles. The van der Waals surface area contributed by atoms with Crippen LogP contribution >= 0.6 is 0 Å². The Labute approximate surface area is 256 Å². The molecule has 2 atom stereocenters. The van der Waals surface area contributed by atoms with Gasteiger partial charge in [0, 0.05) is 11.6 Å². The molecular weight excluding hydrogens is 636 g/mol. The number of methoxy groups -OCH3 is 1. The smallest absolute Gasteiger partial charge is 0.416 e. The molecule has 0 radical (unpaired) electrons. The Bertz CT molecular complexity index is 1670. The molecule has 1 aliphatic heterocycles. The van der Waals surface area contributed by atoms with Gasteiger partial charge in [0.2, 0.25) is 0 Å². The third-order valence-corrected chi connectivity index (χ3v) is 7.38. The van der Waals surface area contributed by atoms with Gasteiger partial charge in [-0.3, -0.25) is 4.90 Å². The Balaban J connectivity index is 1.76. The predicted octanol–water partition coefficient (Wildman–Crippen LogP) is 9.50. The van der Waals surface area contributed by atoms with Gasteiger partial charge in [-0.25, -0.2) is 9.18 Å². The summed E-state index contributed by atoms with van der Waals surface area (Å²) in [5, 5.41) is 0. The molecule has 1 amide bonds. The molecule has 0 saturated carbocycles. The maximum absolute atomic E-state index is 14.5. The summed E-state index contributed by atoms with van der Waals surface area (Å²) in [5.74, 6) is 4.73. The zero-order chi connectivity index (χ0) is 34.4. The van der Waals surface area contributed by atoms with Crippen molar-refractivity contribution in [3.63, 3.8) is 0 Å². The quantitative estimate of drug-likeness (QED) is 0.202. The van der Waals surface area contributed by atoms with Crippen LogP contribution in [0.1, 0.15) is 77.3 Å². The van der Waals surface area contributed by atoms with E-state index < -0.39 is 71.4 Å². The van der Waals surface area contributed by atoms with Crippen molar-refractivity contribution in [2.24, 2.45) is 0 Å². The number of cyclic esters (lactones) is 1. The van der Waals surface area contributed by atoms with Crippen LogP contribution in [0.25, 0.3) is 0 Å². The van der Waals surface area contributed by atoms with Crippen LogP contribution < -0.4 is 4.74 Å². The maximum Gasteiger partial charge on any atom is 0.416 e. The molecule has 0 spiro atoms. The third-order valence-electron chi connectivity index (χ3n) is 7.38. The Morgan fingerprint density at radius 1 is 0.826 bits per heavy atom. The van der Waals surface area contributed by atoms with Crippen LogP contribution in [0, 0.1) is 17.7 Å². The summed E-state index contributed by atoms with van der Waals surface area (Å²) in [6.07, 6.45) is -17.9. The standard InChI is InChI=1S/C32H25F10NO3/c1-16(2)25-12-19(27(45-4)14-26(25)33)6-5-18-7-8-22(30(34,35)36)11-21(18)15-43-17(3)28(46-29(43)44)20-9-23(31(37,38)39)13-24(10-20)32(40,41)42/h7-14,16-17,28H,15H2,1-4H3/t17-,28?/m0/s1. The van der Waals surface area contributed by atoms with Gasteiger partial charge in [0.25, 0.3) is 0 Å². The average molecular weight is 662 g/mol. The average Bonchev–Trinajstić information content (AvgIpc) is 3.23. The fraction of sp³-hybridized carbons (Fsp3) is 0.344. The van der Waals surface area contributed by atoms with Crippen LogP contribution in [0.2, 0.25) is 0 Å². The lowest BCUT2D eigenvalue weighted by Gasteiger charge is -2.23. The second-order valence-electron chi connectivity index (χ2n) is 10.9. The minimum absolute atomic E-state index is 0.00681. The minimum atomic E-state index is -5.16. The topological polar surface area (TPSA) is 38.8 Å². The van der Waals surface area contributed by atoms with Crippen LogP contribution in [0.4, 0.5) is 48.7 Å². The molecule has 14 heteroatoms. The van der Waals surface area contributed by atoms with E-state index in [9.17, 15) is 48.7 Å². The van der Waals surface area contributed by atoms with E-state index in [1.54, 1.807) is 13.8 Å². The van der Waals surface area contributed by atoms with E-state index in [0.29, 0.717) is 17.7 Å². The molecule has 1 aliphatic rings. The number of carbonyl (C=O) groups is 1. The molecule has 1 unspecified atom stereocenters. The lowest BCUT2D eigenvalue weighted by Crippen LogP contribution is -2.32. The van der Waals surface area contributed by atoms with Crippen molar-refractivity contribution in [1.82, 2.24) is 4.90 Å². The highest BCUT2D eigenvalue weighted by Crippen LogP contribution is 2.41. The Kier molecular flexibility index (Phi) is 9.30. The molecule has 4 nitrogen and oxygen atoms in total. The molecular formula is C32H25F10NO3. The van der Waals surface area contributed by atoms with Gasteiger partial charge in [0.1, 0.15) is 17.7 Å². The highest BCUT2D eigenvalue weighted by Gasteiger charge is 2.43. The van der Waals surface area contributed by atoms with Crippen molar-refractivity contribution in [3.05, 3.63) is 98.9 Å². The Hall–Kier alpha value is -4.41. The van der Waals surface area contributed by atoms with E-state index in [1.807, 2.05) is 0 Å². The predicted molar refractivity (Wildman–Crippen MR) is 145 cm³/mol. The van der Waals surface area contributed by atoms with Crippen LogP contribution in [-0.2, 0) is 29.8 Å². The third kappa shape index (κ3) is 7.35. The van der Waals surface area contributed by atoms with Crippen molar-refractivity contribution >= 4 is 6.09 Å². The molecule has 0 bridgehead atoms. The van der Waals surface area contributed by atoms with Gasteiger partial charge in [-0.1, -0.05) is 25.7 Å². The number of alkyl halides is 9. The minimum Gasteiger partial charge on any atom is -0.495 e. The summed E-state index contributed by atoms with van der Waals surface area (Å²) in [6.45, 7) is 4.16. The lowest BCUT2D eigenvalue weighted by atomic mass is 9.96. The molecule has 246 valence electrons. The first kappa shape index (κ1) is 34.5. The molecule has 46 heavy (non-hydrogen) atoms. The fourth-order valence-corrected chi connectivity index (χ4v) is 4.92. The SMILES string of the molecule is COc1cc(F)c(C(C)C)cc1C#Cc1ccc(C(F)(F)F)cc1CN1C(=O)OC(c2cc(C(F)(F)F)cc(C(F)(F)F)c2)[C@@H]1C. The van der Waals surface area contributed by atoms with Gasteiger partial charge in [0.15, 0.2) is 0 Å². The first-order chi connectivity index (χ1) is 21.2. The zero-order valence-electron chi connectivity index (χ0n) is 24.5. The molecule has 0 aliphatic carbocycles. The summed E-state index contributed by atoms with van der Waals surface area (Å²) in [5.41, 5.74) is -4.54. The van der Waals surface area contributed by atoms with Gasteiger partial charge >= 0.3 is 24.6 Å². The molecule has 4 rings (SSSR count). The van der Waals surface area contributed by atoms with Crippen molar-refractivity contribution in [2.75, 3.05) is 7.11 Å². The molecule has 1 saturated heterocycles. The van der Waals surface area contributed by atoms with E-state index in [1.165, 1.54) is 20.1 Å². The van der Waals surface area contributed by atoms with Crippen LogP contribution in [-0.4, -0.2) is 24.1 Å². The highest BCUT2D eigenvalue weighted by atomic mass is 19.4. The normalized spacial score (nSPS) is 17.2. The second kappa shape index (κ2) is 12.4. The molecule has 0 aromatic heterocycles. The van der Waals surface area contributed by atoms with Crippen molar-refractivity contribution in [2.45, 2.75) is 63.9 Å². The number of hydrogen-bond donors (Lipinski definition) is 0. The van der Waals surface area contributed by atoms with Gasteiger partial charge < -0.3 is 9.47 Å². The van der Waals surface area contributed by atoms with Gasteiger partial charge in [-0.15, -0.1) is 0 Å². The van der Waals surface area contributed by atoms with E-state index in [0.717, 1.165) is 29.2 Å². The van der Waals surface area contributed by atoms with Gasteiger partial charge in [-0.2, -0.15) is 39.5 Å². The molecule has 0 N–H and O–H groups in total. The number of hydrogen-bond acceptors (Lipinski definition) is 3. The summed E-state index contributed by atoms with van der Waals surface area (Å²) >= 11 is 0. The molecule has 1 heterocycles. The Morgan fingerprint density at radius 2 is 1.39 bits per heavy atom. The van der Waals surface area contributed by atoms with E-state index in [-0.39, 0.29) is 34.4 Å². The number of carbonyl (C=O) groups excluding carboxylic acids is 1. The second-order valence-corrected chi connectivity index (χ2v) is 10.9. The number of nitrogens with zero attached hydrogens (tertiary/aromatic N) is 1. The van der Waals surface area contributed by atoms with Crippen LogP contribution in [0.5, 0.6) is 5.75 Å². The zero-order valence-corrected chi connectivity index (χ0v) is 24.5. The summed E-state index contributed by atoms with van der Waals surface area (Å²) < 4.78 is 146. The van der Waals surface area contributed by atoms with Gasteiger partial charge in [-0.05, 0) is 72.0 Å². The number of benzene rings is 3. The Morgan fingerprint density at radius 3 is 1.91 bits per heavy atom. The van der Waals surface area contributed by atoms with Crippen molar-refractivity contribution in [1.29, 1.82) is 0 Å². The number of ether oxygens (including phenoxy) is 2. The van der Waals surface area contributed by atoms with Crippen LogP contribution in [0.3, 0.4) is 0 Å². The van der Waals surface area contributed by atoms with E-state index in [4.69, 9.17) is 9.47 Å². The van der Waals surface area contributed by atoms with E-state index >= 15 is 0 Å². The highest BCUT2D eigenvalue weighted by molar-refractivity contribution is 5.71. The number of halogens is 10. The fourth-order valence-electron chi connectivity index (χ4n) is 4.92. The van der Waals surface area contributed by atoms with Gasteiger partial charge in [0.05, 0.1) is 42.0 Å². The van der Waals surface area contributed by atoms with Crippen LogP contribution in [0.15, 0.2) is 48.5 Å². The molecule has 3 aromatic rings. The summed E-state index contributed by atoms with van der Waals surface area (Å²) in [7, 11) is 1.28. The molecule has 1 fully saturated rings. The summed E-state index contributed by atoms with van der Waals surface area (Å²) in [4.78, 5) is 13.8. The number of amides is 1. The number of rotatable bonds is 5. The first-order valence-electron chi connectivity index (χ1n) is 13.6. The monoisotopic (exact) mass is 661 g/mol. The largest absolute Gasteiger partial charge is 0.495 e. The van der Waals surface area contributed by atoms with Crippen molar-refractivity contribution < 1.29 is 58.2 Å². The van der Waals surface area contributed by atoms with Crippen molar-refractivity contribution in [3.8, 4) is 17.6 Å². The van der Waals surface area contributed by atoms with E-state index in [2.05, 4.69) is 11.8 Å². The maximum atomic E-state index is 14.5. The summed E-state index contributed by atoms with van der Waals surface area (Å²) in [6, 6.07) is 4.66. The first-order valence-corrected chi connectivity index (χ1v) is 13.6.